The minimum Gasteiger partial charge on any atom is -0.478 e. The van der Waals surface area contributed by atoms with E-state index < -0.39 is 10.9 Å². The smallest absolute Gasteiger partial charge is 0.335 e. The molecule has 0 aliphatic heterocycles. The number of hydrogen-bond donors (Lipinski definition) is 1. The number of pyridine rings is 2. The number of nitro groups is 1. The normalized spacial score (nSPS) is 9.86. The van der Waals surface area contributed by atoms with Gasteiger partial charge in [-0.15, -0.1) is 0 Å². The molecule has 2 aromatic heterocycles. The first-order valence-electron chi connectivity index (χ1n) is 5.43. The van der Waals surface area contributed by atoms with E-state index in [0.29, 0.717) is 5.03 Å². The van der Waals surface area contributed by atoms with Crippen molar-refractivity contribution in [3.8, 4) is 6.07 Å². The first kappa shape index (κ1) is 14.4. The van der Waals surface area contributed by atoms with E-state index in [2.05, 4.69) is 9.97 Å². The number of carboxylic acid groups (broad SMARTS) is 1. The molecule has 2 aromatic rings. The fraction of sp³-hybridized carbons (Fsp3) is 0. The van der Waals surface area contributed by atoms with Gasteiger partial charge in [-0.25, -0.2) is 14.8 Å². The molecule has 0 aliphatic rings. The Labute approximate surface area is 122 Å². The van der Waals surface area contributed by atoms with Crippen molar-refractivity contribution in [2.45, 2.75) is 10.1 Å². The number of nitriles is 1. The molecule has 0 unspecified atom stereocenters. The number of nitrogens with zero attached hydrogens (tertiary/aromatic N) is 4. The number of aromatic carboxylic acids is 1. The average molecular weight is 302 g/mol. The Hall–Kier alpha value is -2.99. The molecule has 0 radical (unpaired) electrons. The first-order chi connectivity index (χ1) is 10.0. The van der Waals surface area contributed by atoms with Gasteiger partial charge in [0.15, 0.2) is 0 Å². The van der Waals surface area contributed by atoms with Gasteiger partial charge in [-0.2, -0.15) is 5.26 Å². The Morgan fingerprint density at radius 1 is 1.43 bits per heavy atom. The summed E-state index contributed by atoms with van der Waals surface area (Å²) in [6.45, 7) is 0. The van der Waals surface area contributed by atoms with Gasteiger partial charge in [0.2, 0.25) is 0 Å². The van der Waals surface area contributed by atoms with Gasteiger partial charge in [-0.05, 0) is 23.9 Å². The summed E-state index contributed by atoms with van der Waals surface area (Å²) in [6, 6.07) is 5.59. The lowest BCUT2D eigenvalue weighted by molar-refractivity contribution is -0.385. The Morgan fingerprint density at radius 3 is 2.81 bits per heavy atom. The quantitative estimate of drug-likeness (QED) is 0.671. The van der Waals surface area contributed by atoms with Crippen LogP contribution in [0.2, 0.25) is 0 Å². The molecule has 0 amide bonds. The number of aromatic nitrogens is 2. The Kier molecular flexibility index (Phi) is 4.10. The predicted octanol–water partition coefficient (Wildman–Crippen LogP) is 2.11. The van der Waals surface area contributed by atoms with E-state index in [1.807, 2.05) is 6.07 Å². The van der Waals surface area contributed by atoms with Gasteiger partial charge < -0.3 is 5.11 Å². The van der Waals surface area contributed by atoms with Crippen LogP contribution < -0.4 is 0 Å². The number of carbonyl (C=O) groups is 1. The zero-order valence-corrected chi connectivity index (χ0v) is 11.1. The third-order valence-corrected chi connectivity index (χ3v) is 3.30. The Morgan fingerprint density at radius 2 is 2.19 bits per heavy atom. The molecule has 2 heterocycles. The predicted molar refractivity (Wildman–Crippen MR) is 70.9 cm³/mol. The van der Waals surface area contributed by atoms with E-state index in [1.54, 1.807) is 0 Å². The Balaban J connectivity index is 2.36. The van der Waals surface area contributed by atoms with Crippen molar-refractivity contribution in [1.82, 2.24) is 9.97 Å². The molecule has 0 fully saturated rings. The topological polar surface area (TPSA) is 130 Å². The van der Waals surface area contributed by atoms with Gasteiger partial charge in [0, 0.05) is 12.3 Å². The van der Waals surface area contributed by atoms with Gasteiger partial charge in [-0.3, -0.25) is 10.1 Å². The summed E-state index contributed by atoms with van der Waals surface area (Å²) < 4.78 is 0. The zero-order chi connectivity index (χ0) is 15.4. The molecular formula is C12H6N4O4S. The molecule has 0 saturated carbocycles. The van der Waals surface area contributed by atoms with E-state index in [1.165, 1.54) is 18.3 Å². The molecule has 0 aromatic carbocycles. The van der Waals surface area contributed by atoms with Crippen LogP contribution in [0.3, 0.4) is 0 Å². The molecular weight excluding hydrogens is 296 g/mol. The molecule has 8 nitrogen and oxygen atoms in total. The summed E-state index contributed by atoms with van der Waals surface area (Å²) in [5.74, 6) is -1.10. The van der Waals surface area contributed by atoms with E-state index in [-0.39, 0.29) is 21.8 Å². The van der Waals surface area contributed by atoms with Gasteiger partial charge in [0.25, 0.3) is 5.69 Å². The van der Waals surface area contributed by atoms with E-state index >= 15 is 0 Å². The highest BCUT2D eigenvalue weighted by molar-refractivity contribution is 7.99. The molecule has 2 rings (SSSR count). The number of hydrogen-bond acceptors (Lipinski definition) is 7. The molecule has 0 saturated heterocycles. The van der Waals surface area contributed by atoms with Crippen LogP contribution >= 0.6 is 11.8 Å². The van der Waals surface area contributed by atoms with Crippen molar-refractivity contribution in [1.29, 1.82) is 5.26 Å². The standard InChI is InChI=1S/C12H6N4O4S/c13-5-8-3-9(16(19)20)6-15-11(8)21-10-4-7(12(17)18)1-2-14-10/h1-4,6H,(H,17,18). The summed E-state index contributed by atoms with van der Waals surface area (Å²) in [7, 11) is 0. The van der Waals surface area contributed by atoms with Crippen LogP contribution in [0.1, 0.15) is 15.9 Å². The van der Waals surface area contributed by atoms with Gasteiger partial charge in [-0.1, -0.05) is 0 Å². The molecule has 0 atom stereocenters. The zero-order valence-electron chi connectivity index (χ0n) is 10.3. The van der Waals surface area contributed by atoms with Crippen LogP contribution in [-0.2, 0) is 0 Å². The van der Waals surface area contributed by atoms with E-state index in [9.17, 15) is 14.9 Å². The summed E-state index contributed by atoms with van der Waals surface area (Å²) in [5, 5.41) is 29.1. The maximum absolute atomic E-state index is 10.9. The lowest BCUT2D eigenvalue weighted by Crippen LogP contribution is -1.97. The summed E-state index contributed by atoms with van der Waals surface area (Å²) in [5.41, 5.74) is -0.215. The van der Waals surface area contributed by atoms with Crippen molar-refractivity contribution in [3.63, 3.8) is 0 Å². The van der Waals surface area contributed by atoms with Gasteiger partial charge in [0.1, 0.15) is 22.3 Å². The highest BCUT2D eigenvalue weighted by atomic mass is 32.2. The maximum Gasteiger partial charge on any atom is 0.335 e. The monoisotopic (exact) mass is 302 g/mol. The third kappa shape index (κ3) is 3.31. The lowest BCUT2D eigenvalue weighted by atomic mass is 10.3. The maximum atomic E-state index is 10.9. The largest absolute Gasteiger partial charge is 0.478 e. The molecule has 1 N–H and O–H groups in total. The van der Waals surface area contributed by atoms with Crippen LogP contribution in [0.15, 0.2) is 40.6 Å². The summed E-state index contributed by atoms with van der Waals surface area (Å²) in [4.78, 5) is 28.7. The summed E-state index contributed by atoms with van der Waals surface area (Å²) in [6.07, 6.45) is 2.35. The number of rotatable bonds is 4. The second-order valence-corrected chi connectivity index (χ2v) is 4.71. The molecule has 104 valence electrons. The first-order valence-corrected chi connectivity index (χ1v) is 6.24. The van der Waals surface area contributed by atoms with Gasteiger partial charge in [0.05, 0.1) is 16.1 Å². The molecule has 0 bridgehead atoms. The molecule has 21 heavy (non-hydrogen) atoms. The van der Waals surface area contributed by atoms with Crippen molar-refractivity contribution in [2.24, 2.45) is 0 Å². The fourth-order valence-electron chi connectivity index (χ4n) is 1.40. The molecule has 0 aliphatic carbocycles. The van der Waals surface area contributed by atoms with Crippen LogP contribution in [-0.4, -0.2) is 26.0 Å². The Bertz CT molecular complexity index is 772. The lowest BCUT2D eigenvalue weighted by Gasteiger charge is -2.03. The average Bonchev–Trinajstić information content (AvgIpc) is 2.47. The van der Waals surface area contributed by atoms with Crippen LogP contribution in [0.25, 0.3) is 0 Å². The summed E-state index contributed by atoms with van der Waals surface area (Å²) >= 11 is 0.960. The van der Waals surface area contributed by atoms with E-state index in [0.717, 1.165) is 24.0 Å². The fourth-order valence-corrected chi connectivity index (χ4v) is 2.22. The highest BCUT2D eigenvalue weighted by Crippen LogP contribution is 2.29. The van der Waals surface area contributed by atoms with Crippen molar-refractivity contribution < 1.29 is 14.8 Å². The van der Waals surface area contributed by atoms with Crippen LogP contribution in [0.5, 0.6) is 0 Å². The number of carboxylic acids is 1. The van der Waals surface area contributed by atoms with Crippen molar-refractivity contribution in [2.75, 3.05) is 0 Å². The van der Waals surface area contributed by atoms with Crippen LogP contribution in [0.4, 0.5) is 5.69 Å². The highest BCUT2D eigenvalue weighted by Gasteiger charge is 2.14. The SMILES string of the molecule is N#Cc1cc([N+](=O)[O-])cnc1Sc1cc(C(=O)O)ccn1. The van der Waals surface area contributed by atoms with Crippen molar-refractivity contribution >= 4 is 23.4 Å². The van der Waals surface area contributed by atoms with Gasteiger partial charge >= 0.3 is 5.97 Å². The van der Waals surface area contributed by atoms with Crippen molar-refractivity contribution in [3.05, 3.63) is 51.8 Å². The molecule has 0 spiro atoms. The van der Waals surface area contributed by atoms with Crippen LogP contribution in [0, 0.1) is 21.4 Å². The second-order valence-electron chi connectivity index (χ2n) is 3.71. The second kappa shape index (κ2) is 5.98. The minimum absolute atomic E-state index is 0.0247. The molecule has 9 heteroatoms. The third-order valence-electron chi connectivity index (χ3n) is 2.35. The minimum atomic E-state index is -1.10. The van der Waals surface area contributed by atoms with E-state index in [4.69, 9.17) is 10.4 Å².